The summed E-state index contributed by atoms with van der Waals surface area (Å²) in [5.74, 6) is -1.19. The minimum atomic E-state index is -3.09. The molecule has 1 saturated heterocycles. The summed E-state index contributed by atoms with van der Waals surface area (Å²) in [5, 5.41) is 0. The Balaban J connectivity index is 2.70. The summed E-state index contributed by atoms with van der Waals surface area (Å²) in [7, 11) is -1.91. The van der Waals surface area contributed by atoms with Crippen molar-refractivity contribution in [3.05, 3.63) is 0 Å². The van der Waals surface area contributed by atoms with E-state index in [0.29, 0.717) is 0 Å². The standard InChI is InChI=1S/C6H12N2O4S/c1-12-5(9)4(7)6(8)2-13(10,11)3-6/h4H,2-3,7-8H2,1H3. The van der Waals surface area contributed by atoms with Gasteiger partial charge in [0.2, 0.25) is 0 Å². The second kappa shape index (κ2) is 2.93. The van der Waals surface area contributed by atoms with Crippen LogP contribution in [0.25, 0.3) is 0 Å². The Labute approximate surface area is 76.1 Å². The Morgan fingerprint density at radius 3 is 2.31 bits per heavy atom. The minimum absolute atomic E-state index is 0.254. The van der Waals surface area contributed by atoms with E-state index in [9.17, 15) is 13.2 Å². The molecule has 13 heavy (non-hydrogen) atoms. The number of hydrogen-bond donors (Lipinski definition) is 2. The fraction of sp³-hybridized carbons (Fsp3) is 0.833. The lowest BCUT2D eigenvalue weighted by Gasteiger charge is -2.40. The van der Waals surface area contributed by atoms with E-state index >= 15 is 0 Å². The molecule has 0 aromatic heterocycles. The van der Waals surface area contributed by atoms with Crippen LogP contribution in [0, 0.1) is 0 Å². The first kappa shape index (κ1) is 10.4. The molecule has 0 aromatic rings. The van der Waals surface area contributed by atoms with Crippen LogP contribution in [-0.4, -0.2) is 44.6 Å². The molecule has 0 radical (unpaired) electrons. The normalized spacial score (nSPS) is 25.8. The van der Waals surface area contributed by atoms with Gasteiger partial charge in [0.15, 0.2) is 9.84 Å². The minimum Gasteiger partial charge on any atom is -0.468 e. The lowest BCUT2D eigenvalue weighted by atomic mass is 9.95. The van der Waals surface area contributed by atoms with Gasteiger partial charge in [0.05, 0.1) is 24.2 Å². The average Bonchev–Trinajstić information content (AvgIpc) is 1.97. The Kier molecular flexibility index (Phi) is 2.35. The molecule has 0 amide bonds. The molecule has 76 valence electrons. The lowest BCUT2D eigenvalue weighted by Crippen LogP contribution is -2.72. The molecule has 1 aliphatic heterocycles. The maximum Gasteiger partial charge on any atom is 0.324 e. The molecule has 1 heterocycles. The Bertz CT molecular complexity index is 312. The van der Waals surface area contributed by atoms with Crippen LogP contribution >= 0.6 is 0 Å². The summed E-state index contributed by atoms with van der Waals surface area (Å²) in [6, 6.07) is -1.07. The summed E-state index contributed by atoms with van der Waals surface area (Å²) in [5.41, 5.74) is 9.87. The SMILES string of the molecule is COC(=O)C(N)C1(N)CS(=O)(=O)C1. The van der Waals surface area contributed by atoms with Gasteiger partial charge >= 0.3 is 5.97 Å². The monoisotopic (exact) mass is 208 g/mol. The molecule has 6 nitrogen and oxygen atoms in total. The number of ether oxygens (including phenoxy) is 1. The number of carbonyl (C=O) groups is 1. The number of methoxy groups -OCH3 is 1. The Morgan fingerprint density at radius 2 is 2.00 bits per heavy atom. The van der Waals surface area contributed by atoms with Gasteiger partial charge in [0, 0.05) is 0 Å². The molecular weight excluding hydrogens is 196 g/mol. The van der Waals surface area contributed by atoms with Crippen LogP contribution in [0.3, 0.4) is 0 Å². The van der Waals surface area contributed by atoms with Crippen molar-refractivity contribution in [3.63, 3.8) is 0 Å². The van der Waals surface area contributed by atoms with E-state index in [1.54, 1.807) is 0 Å². The first-order chi connectivity index (χ1) is 5.81. The van der Waals surface area contributed by atoms with E-state index in [0.717, 1.165) is 0 Å². The highest BCUT2D eigenvalue weighted by molar-refractivity contribution is 7.93. The number of carbonyl (C=O) groups excluding carboxylic acids is 1. The van der Waals surface area contributed by atoms with E-state index in [2.05, 4.69) is 4.74 Å². The second-order valence-electron chi connectivity index (χ2n) is 3.27. The topological polar surface area (TPSA) is 112 Å². The smallest absolute Gasteiger partial charge is 0.324 e. The third kappa shape index (κ3) is 1.82. The summed E-state index contributed by atoms with van der Waals surface area (Å²) >= 11 is 0. The quantitative estimate of drug-likeness (QED) is 0.490. The van der Waals surface area contributed by atoms with Gasteiger partial charge < -0.3 is 16.2 Å². The van der Waals surface area contributed by atoms with Gasteiger partial charge in [-0.15, -0.1) is 0 Å². The highest BCUT2D eigenvalue weighted by atomic mass is 32.2. The first-order valence-corrected chi connectivity index (χ1v) is 5.46. The van der Waals surface area contributed by atoms with E-state index in [1.165, 1.54) is 7.11 Å². The van der Waals surface area contributed by atoms with Crippen molar-refractivity contribution in [2.24, 2.45) is 11.5 Å². The fourth-order valence-corrected chi connectivity index (χ4v) is 3.23. The number of rotatable bonds is 2. The molecule has 1 atom stereocenters. The molecule has 4 N–H and O–H groups in total. The summed E-state index contributed by atoms with van der Waals surface area (Å²) < 4.78 is 26.0. The molecule has 0 bridgehead atoms. The van der Waals surface area contributed by atoms with Crippen LogP contribution in [0.1, 0.15) is 0 Å². The molecule has 0 aromatic carbocycles. The van der Waals surface area contributed by atoms with Crippen molar-refractivity contribution in [1.29, 1.82) is 0 Å². The van der Waals surface area contributed by atoms with Gasteiger partial charge in [-0.05, 0) is 0 Å². The van der Waals surface area contributed by atoms with Gasteiger partial charge in [0.1, 0.15) is 6.04 Å². The Morgan fingerprint density at radius 1 is 1.54 bits per heavy atom. The highest BCUT2D eigenvalue weighted by Crippen LogP contribution is 2.23. The van der Waals surface area contributed by atoms with Crippen LogP contribution < -0.4 is 11.5 Å². The van der Waals surface area contributed by atoms with Crippen molar-refractivity contribution < 1.29 is 17.9 Å². The van der Waals surface area contributed by atoms with Crippen LogP contribution in [0.2, 0.25) is 0 Å². The number of nitrogens with two attached hydrogens (primary N) is 2. The predicted octanol–water partition coefficient (Wildman–Crippen LogP) is -2.39. The van der Waals surface area contributed by atoms with E-state index in [-0.39, 0.29) is 11.5 Å². The molecule has 0 saturated carbocycles. The van der Waals surface area contributed by atoms with Gasteiger partial charge in [-0.2, -0.15) is 0 Å². The number of sulfone groups is 1. The van der Waals surface area contributed by atoms with Gasteiger partial charge in [-0.1, -0.05) is 0 Å². The summed E-state index contributed by atoms with van der Waals surface area (Å²) in [6.07, 6.45) is 0. The molecule has 0 aliphatic carbocycles. The van der Waals surface area contributed by atoms with Crippen LogP contribution in [0.4, 0.5) is 0 Å². The zero-order chi connectivity index (χ0) is 10.3. The van der Waals surface area contributed by atoms with Crippen molar-refractivity contribution in [3.8, 4) is 0 Å². The molecule has 7 heteroatoms. The molecular formula is C6H12N2O4S. The van der Waals surface area contributed by atoms with Crippen molar-refractivity contribution in [2.75, 3.05) is 18.6 Å². The number of hydrogen-bond acceptors (Lipinski definition) is 6. The third-order valence-electron chi connectivity index (χ3n) is 2.05. The average molecular weight is 208 g/mol. The van der Waals surface area contributed by atoms with Crippen LogP contribution in [0.5, 0.6) is 0 Å². The molecule has 1 aliphatic rings. The zero-order valence-corrected chi connectivity index (χ0v) is 8.00. The van der Waals surface area contributed by atoms with E-state index in [4.69, 9.17) is 11.5 Å². The lowest BCUT2D eigenvalue weighted by molar-refractivity contribution is -0.143. The Hall–Kier alpha value is -0.660. The fourth-order valence-electron chi connectivity index (χ4n) is 1.32. The molecule has 1 rings (SSSR count). The zero-order valence-electron chi connectivity index (χ0n) is 7.19. The predicted molar refractivity (Wildman–Crippen MR) is 45.6 cm³/mol. The van der Waals surface area contributed by atoms with Gasteiger partial charge in [0.25, 0.3) is 0 Å². The maximum atomic E-state index is 10.9. The second-order valence-corrected chi connectivity index (χ2v) is 5.33. The van der Waals surface area contributed by atoms with Crippen LogP contribution in [0.15, 0.2) is 0 Å². The third-order valence-corrected chi connectivity index (χ3v) is 4.01. The molecule has 1 fully saturated rings. The highest BCUT2D eigenvalue weighted by Gasteiger charge is 2.52. The van der Waals surface area contributed by atoms with E-state index < -0.39 is 27.4 Å². The molecule has 0 spiro atoms. The van der Waals surface area contributed by atoms with Crippen molar-refractivity contribution in [1.82, 2.24) is 0 Å². The van der Waals surface area contributed by atoms with Crippen LogP contribution in [-0.2, 0) is 19.4 Å². The van der Waals surface area contributed by atoms with E-state index in [1.807, 2.05) is 0 Å². The molecule has 1 unspecified atom stereocenters. The van der Waals surface area contributed by atoms with Gasteiger partial charge in [-0.3, -0.25) is 4.79 Å². The van der Waals surface area contributed by atoms with Gasteiger partial charge in [-0.25, -0.2) is 8.42 Å². The van der Waals surface area contributed by atoms with Crippen molar-refractivity contribution >= 4 is 15.8 Å². The summed E-state index contributed by atoms with van der Waals surface area (Å²) in [6.45, 7) is 0. The number of esters is 1. The summed E-state index contributed by atoms with van der Waals surface area (Å²) in [4.78, 5) is 10.9. The first-order valence-electron chi connectivity index (χ1n) is 3.63. The largest absolute Gasteiger partial charge is 0.468 e. The maximum absolute atomic E-state index is 10.9. The van der Waals surface area contributed by atoms with Crippen molar-refractivity contribution in [2.45, 2.75) is 11.6 Å².